The van der Waals surface area contributed by atoms with Gasteiger partial charge in [-0.15, -0.1) is 0 Å². The number of carbonyl (C=O) groups excluding carboxylic acids is 1. The molecule has 34 heavy (non-hydrogen) atoms. The van der Waals surface area contributed by atoms with Crippen LogP contribution in [0.4, 0.5) is 10.2 Å². The summed E-state index contributed by atoms with van der Waals surface area (Å²) in [6, 6.07) is 12.7. The summed E-state index contributed by atoms with van der Waals surface area (Å²) in [6.45, 7) is -0.137. The first kappa shape index (κ1) is 21.0. The molecule has 2 aromatic carbocycles. The first-order valence-corrected chi connectivity index (χ1v) is 10.2. The molecule has 4 N–H and O–H groups in total. The van der Waals surface area contributed by atoms with Gasteiger partial charge in [0.2, 0.25) is 5.89 Å². The van der Waals surface area contributed by atoms with Gasteiger partial charge in [0.05, 0.1) is 11.7 Å². The highest BCUT2D eigenvalue weighted by molar-refractivity contribution is 5.98. The number of hydrogen-bond donors (Lipinski definition) is 3. The maximum atomic E-state index is 13.5. The number of nitrogens with zero attached hydrogens (tertiary/aromatic N) is 4. The van der Waals surface area contributed by atoms with E-state index in [-0.39, 0.29) is 41.0 Å². The van der Waals surface area contributed by atoms with Gasteiger partial charge in [-0.1, -0.05) is 12.1 Å². The lowest BCUT2D eigenvalue weighted by molar-refractivity contribution is 0.0946. The Labute approximate surface area is 192 Å². The van der Waals surface area contributed by atoms with Crippen LogP contribution >= 0.6 is 0 Å². The van der Waals surface area contributed by atoms with Gasteiger partial charge in [0.1, 0.15) is 23.5 Å². The number of nitrogens with two attached hydrogens (primary N) is 1. The van der Waals surface area contributed by atoms with Crippen LogP contribution in [0, 0.1) is 5.82 Å². The van der Waals surface area contributed by atoms with E-state index in [4.69, 9.17) is 10.2 Å². The summed E-state index contributed by atoms with van der Waals surface area (Å²) in [4.78, 5) is 30.2. The number of rotatable bonds is 5. The predicted molar refractivity (Wildman–Crippen MR) is 122 cm³/mol. The van der Waals surface area contributed by atoms with Crippen LogP contribution in [-0.2, 0) is 6.54 Å². The third-order valence-electron chi connectivity index (χ3n) is 5.13. The molecule has 0 saturated heterocycles. The van der Waals surface area contributed by atoms with Gasteiger partial charge in [-0.2, -0.15) is 0 Å². The molecule has 0 unspecified atom stereocenters. The number of aromatic nitrogens is 4. The van der Waals surface area contributed by atoms with E-state index >= 15 is 0 Å². The number of nitrogens with one attached hydrogen (secondary N) is 1. The van der Waals surface area contributed by atoms with Gasteiger partial charge < -0.3 is 20.6 Å². The van der Waals surface area contributed by atoms with E-state index in [9.17, 15) is 14.3 Å². The van der Waals surface area contributed by atoms with Crippen molar-refractivity contribution in [1.29, 1.82) is 0 Å². The fourth-order valence-electron chi connectivity index (χ4n) is 3.48. The molecule has 1 amide bonds. The van der Waals surface area contributed by atoms with Gasteiger partial charge in [0.15, 0.2) is 17.2 Å². The van der Waals surface area contributed by atoms with Crippen LogP contribution in [0.25, 0.3) is 33.7 Å². The maximum absolute atomic E-state index is 13.5. The van der Waals surface area contributed by atoms with Crippen LogP contribution in [0.5, 0.6) is 5.75 Å². The fourth-order valence-corrected chi connectivity index (χ4v) is 3.48. The highest BCUT2D eigenvalue weighted by Gasteiger charge is 2.22. The number of anilines is 1. The van der Waals surface area contributed by atoms with Crippen molar-refractivity contribution in [2.45, 2.75) is 6.54 Å². The molecular weight excluding hydrogens is 439 g/mol. The second kappa shape index (κ2) is 8.58. The van der Waals surface area contributed by atoms with Crippen LogP contribution in [0.1, 0.15) is 16.1 Å². The van der Waals surface area contributed by atoms with Gasteiger partial charge in [0, 0.05) is 29.3 Å². The van der Waals surface area contributed by atoms with Crippen molar-refractivity contribution in [2.75, 3.05) is 5.73 Å². The molecule has 3 heterocycles. The zero-order valence-electron chi connectivity index (χ0n) is 17.6. The summed E-state index contributed by atoms with van der Waals surface area (Å²) < 4.78 is 18.9. The van der Waals surface area contributed by atoms with Gasteiger partial charge in [-0.25, -0.2) is 19.3 Å². The van der Waals surface area contributed by atoms with Gasteiger partial charge in [-0.3, -0.25) is 9.78 Å². The molecule has 5 aromatic rings. The molecule has 0 spiro atoms. The second-order valence-electron chi connectivity index (χ2n) is 7.36. The van der Waals surface area contributed by atoms with Gasteiger partial charge in [0.25, 0.3) is 5.91 Å². The number of aromatic hydroxyl groups is 1. The molecule has 0 atom stereocenters. The number of nitrogen functional groups attached to an aromatic ring is 1. The number of pyridine rings is 1. The number of fused-ring (bicyclic) bond motifs is 1. The number of carbonyl (C=O) groups is 1. The fraction of sp³-hybridized carbons (Fsp3) is 0.0417. The minimum absolute atomic E-state index is 0.132. The van der Waals surface area contributed by atoms with Crippen molar-refractivity contribution in [2.24, 2.45) is 0 Å². The number of phenolic OH excluding ortho intramolecular Hbond substituents is 1. The minimum atomic E-state index is -0.642. The molecule has 0 saturated carbocycles. The lowest BCUT2D eigenvalue weighted by Crippen LogP contribution is -2.26. The molecular formula is C24H17FN6O3. The molecule has 168 valence electrons. The summed E-state index contributed by atoms with van der Waals surface area (Å²) in [5.74, 6) is -1.27. The van der Waals surface area contributed by atoms with Gasteiger partial charge >= 0.3 is 0 Å². The molecule has 0 radical (unpaired) electrons. The monoisotopic (exact) mass is 456 g/mol. The normalized spacial score (nSPS) is 11.0. The highest BCUT2D eigenvalue weighted by atomic mass is 19.1. The van der Waals surface area contributed by atoms with Crippen LogP contribution in [0.2, 0.25) is 0 Å². The third-order valence-corrected chi connectivity index (χ3v) is 5.13. The molecule has 0 fully saturated rings. The van der Waals surface area contributed by atoms with Crippen molar-refractivity contribution in [3.63, 3.8) is 0 Å². The smallest absolute Gasteiger partial charge is 0.274 e. The Balaban J connectivity index is 1.55. The van der Waals surface area contributed by atoms with Crippen LogP contribution in [-0.4, -0.2) is 30.9 Å². The first-order valence-electron chi connectivity index (χ1n) is 10.2. The Morgan fingerprint density at radius 3 is 2.76 bits per heavy atom. The summed E-state index contributed by atoms with van der Waals surface area (Å²) in [7, 11) is 0. The molecule has 9 nitrogen and oxygen atoms in total. The molecule has 10 heteroatoms. The second-order valence-corrected chi connectivity index (χ2v) is 7.36. The molecule has 3 aromatic heterocycles. The lowest BCUT2D eigenvalue weighted by Gasteiger charge is -2.12. The Morgan fingerprint density at radius 2 is 1.94 bits per heavy atom. The van der Waals surface area contributed by atoms with Crippen LogP contribution in [0.15, 0.2) is 71.6 Å². The lowest BCUT2D eigenvalue weighted by atomic mass is 10.1. The molecule has 0 aliphatic rings. The Morgan fingerprint density at radius 1 is 1.06 bits per heavy atom. The van der Waals surface area contributed by atoms with Crippen LogP contribution < -0.4 is 11.1 Å². The quantitative estimate of drug-likeness (QED) is 0.364. The Kier molecular flexibility index (Phi) is 5.30. The zero-order valence-corrected chi connectivity index (χ0v) is 17.6. The van der Waals surface area contributed by atoms with Crippen molar-refractivity contribution in [3.05, 3.63) is 84.3 Å². The summed E-state index contributed by atoms with van der Waals surface area (Å²) in [5.41, 5.74) is 8.19. The Hall–Kier alpha value is -4.86. The SMILES string of the molecule is Nc1nc(-c2ncco2)c(-c2ccc3ncccc3c2)nc1C(=O)NCc1cc(F)ccc1O. The van der Waals surface area contributed by atoms with Crippen molar-refractivity contribution in [1.82, 2.24) is 25.3 Å². The number of amides is 1. The largest absolute Gasteiger partial charge is 0.508 e. The van der Waals surface area contributed by atoms with Gasteiger partial charge in [-0.05, 0) is 36.4 Å². The number of halogens is 1. The number of benzene rings is 2. The number of oxazole rings is 1. The van der Waals surface area contributed by atoms with Crippen LogP contribution in [0.3, 0.4) is 0 Å². The minimum Gasteiger partial charge on any atom is -0.508 e. The van der Waals surface area contributed by atoms with E-state index in [1.807, 2.05) is 24.3 Å². The zero-order chi connectivity index (χ0) is 23.7. The molecule has 0 bridgehead atoms. The average molecular weight is 456 g/mol. The topological polar surface area (TPSA) is 140 Å². The van der Waals surface area contributed by atoms with E-state index in [1.54, 1.807) is 12.3 Å². The standard InChI is InChI=1S/C24H17FN6O3/c25-16-4-6-18(32)15(11-16)12-29-23(33)21-22(26)31-20(24-28-8-9-34-24)19(30-21)14-3-5-17-13(10-14)2-1-7-27-17/h1-11,32H,12H2,(H2,26,31)(H,29,33). The van der Waals surface area contributed by atoms with Crippen molar-refractivity contribution in [3.8, 4) is 28.6 Å². The number of phenols is 1. The summed E-state index contributed by atoms with van der Waals surface area (Å²) in [6.07, 6.45) is 4.56. The molecule has 5 rings (SSSR count). The predicted octanol–water partition coefficient (Wildman–Crippen LogP) is 3.70. The Bertz CT molecular complexity index is 1520. The first-order chi connectivity index (χ1) is 16.5. The highest BCUT2D eigenvalue weighted by Crippen LogP contribution is 2.31. The van der Waals surface area contributed by atoms with E-state index in [2.05, 4.69) is 25.3 Å². The summed E-state index contributed by atoms with van der Waals surface area (Å²) >= 11 is 0. The average Bonchev–Trinajstić information content (AvgIpc) is 3.39. The number of hydrogen-bond acceptors (Lipinski definition) is 8. The third kappa shape index (κ3) is 3.99. The molecule has 0 aliphatic carbocycles. The maximum Gasteiger partial charge on any atom is 0.274 e. The van der Waals surface area contributed by atoms with Crippen molar-refractivity contribution >= 4 is 22.6 Å². The van der Waals surface area contributed by atoms with E-state index in [1.165, 1.54) is 18.5 Å². The van der Waals surface area contributed by atoms with E-state index in [0.29, 0.717) is 11.3 Å². The van der Waals surface area contributed by atoms with E-state index in [0.717, 1.165) is 23.0 Å². The molecule has 0 aliphatic heterocycles. The van der Waals surface area contributed by atoms with E-state index < -0.39 is 11.7 Å². The summed E-state index contributed by atoms with van der Waals surface area (Å²) in [5, 5.41) is 13.4. The van der Waals surface area contributed by atoms with Crippen molar-refractivity contribution < 1.29 is 18.7 Å².